The van der Waals surface area contributed by atoms with Gasteiger partial charge >= 0.3 is 6.03 Å². The van der Waals surface area contributed by atoms with E-state index in [1.54, 1.807) is 0 Å². The summed E-state index contributed by atoms with van der Waals surface area (Å²) in [5, 5.41) is 3.32. The first-order valence-corrected chi connectivity index (χ1v) is 11.7. The highest BCUT2D eigenvalue weighted by Gasteiger charge is 2.47. The maximum atomic E-state index is 13.2. The van der Waals surface area contributed by atoms with Gasteiger partial charge in [-0.15, -0.1) is 0 Å². The molecule has 3 aromatic carbocycles. The zero-order valence-corrected chi connectivity index (χ0v) is 18.7. The molecule has 5 nitrogen and oxygen atoms in total. The minimum Gasteiger partial charge on any atom is -0.342 e. The third-order valence-corrected chi connectivity index (χ3v) is 6.98. The molecule has 0 unspecified atom stereocenters. The zero-order valence-electron chi connectivity index (χ0n) is 18.7. The van der Waals surface area contributed by atoms with Gasteiger partial charge in [-0.1, -0.05) is 91.0 Å². The van der Waals surface area contributed by atoms with Gasteiger partial charge in [0.2, 0.25) is 5.91 Å². The van der Waals surface area contributed by atoms with E-state index in [4.69, 9.17) is 0 Å². The summed E-state index contributed by atoms with van der Waals surface area (Å²) in [4.78, 5) is 29.9. The van der Waals surface area contributed by atoms with Crippen molar-refractivity contribution in [2.24, 2.45) is 0 Å². The molecular formula is C28H29N3O2. The molecule has 2 saturated heterocycles. The van der Waals surface area contributed by atoms with Gasteiger partial charge in [0.15, 0.2) is 0 Å². The SMILES string of the molecule is O=C(Cc1ccccc1)N1CCC(N2CC(c3ccccc3)(c3ccccc3)NC2=O)CC1. The summed E-state index contributed by atoms with van der Waals surface area (Å²) in [6.45, 7) is 1.95. The van der Waals surface area contributed by atoms with E-state index >= 15 is 0 Å². The Hall–Kier alpha value is -3.60. The fourth-order valence-corrected chi connectivity index (χ4v) is 5.16. The smallest absolute Gasteiger partial charge is 0.318 e. The molecule has 0 aromatic heterocycles. The van der Waals surface area contributed by atoms with Gasteiger partial charge in [-0.3, -0.25) is 4.79 Å². The maximum Gasteiger partial charge on any atom is 0.318 e. The Kier molecular flexibility index (Phi) is 5.86. The minimum atomic E-state index is -0.570. The molecule has 0 radical (unpaired) electrons. The van der Waals surface area contributed by atoms with Gasteiger partial charge in [0.25, 0.3) is 0 Å². The van der Waals surface area contributed by atoms with Crippen LogP contribution in [0.2, 0.25) is 0 Å². The van der Waals surface area contributed by atoms with Crippen LogP contribution in [0.15, 0.2) is 91.0 Å². The number of nitrogens with zero attached hydrogens (tertiary/aromatic N) is 2. The summed E-state index contributed by atoms with van der Waals surface area (Å²) in [6.07, 6.45) is 2.03. The molecule has 2 heterocycles. The number of amides is 3. The number of likely N-dealkylation sites (tertiary alicyclic amines) is 1. The molecule has 0 aliphatic carbocycles. The highest BCUT2D eigenvalue weighted by molar-refractivity contribution is 5.81. The second-order valence-electron chi connectivity index (χ2n) is 8.97. The van der Waals surface area contributed by atoms with Crippen LogP contribution < -0.4 is 5.32 Å². The number of benzene rings is 3. The average molecular weight is 440 g/mol. The first-order valence-electron chi connectivity index (χ1n) is 11.7. The molecule has 2 aliphatic heterocycles. The van der Waals surface area contributed by atoms with Crippen LogP contribution in [0.25, 0.3) is 0 Å². The van der Waals surface area contributed by atoms with Crippen molar-refractivity contribution in [2.45, 2.75) is 30.8 Å². The number of hydrogen-bond acceptors (Lipinski definition) is 2. The van der Waals surface area contributed by atoms with Gasteiger partial charge in [-0.2, -0.15) is 0 Å². The van der Waals surface area contributed by atoms with Crippen LogP contribution in [0.5, 0.6) is 0 Å². The Bertz CT molecular complexity index is 1050. The first kappa shape index (κ1) is 21.3. The molecule has 5 heteroatoms. The highest BCUT2D eigenvalue weighted by Crippen LogP contribution is 2.36. The molecular weight excluding hydrogens is 410 g/mol. The van der Waals surface area contributed by atoms with E-state index in [-0.39, 0.29) is 18.0 Å². The summed E-state index contributed by atoms with van der Waals surface area (Å²) in [5.74, 6) is 0.161. The van der Waals surface area contributed by atoms with Crippen molar-refractivity contribution < 1.29 is 9.59 Å². The lowest BCUT2D eigenvalue weighted by atomic mass is 9.83. The second-order valence-corrected chi connectivity index (χ2v) is 8.97. The number of rotatable bonds is 5. The third-order valence-electron chi connectivity index (χ3n) is 6.98. The van der Waals surface area contributed by atoms with Crippen molar-refractivity contribution in [1.29, 1.82) is 0 Å². The Morgan fingerprint density at radius 1 is 0.818 bits per heavy atom. The molecule has 33 heavy (non-hydrogen) atoms. The molecule has 5 rings (SSSR count). The third kappa shape index (κ3) is 4.23. The van der Waals surface area contributed by atoms with Crippen molar-refractivity contribution in [3.63, 3.8) is 0 Å². The Morgan fingerprint density at radius 2 is 1.33 bits per heavy atom. The monoisotopic (exact) mass is 439 g/mol. The van der Waals surface area contributed by atoms with Crippen LogP contribution in [0.1, 0.15) is 29.5 Å². The number of piperidine rings is 1. The van der Waals surface area contributed by atoms with E-state index in [2.05, 4.69) is 29.6 Å². The zero-order chi connectivity index (χ0) is 22.7. The van der Waals surface area contributed by atoms with Crippen molar-refractivity contribution in [3.8, 4) is 0 Å². The molecule has 2 aliphatic rings. The van der Waals surface area contributed by atoms with Gasteiger partial charge < -0.3 is 15.1 Å². The maximum absolute atomic E-state index is 13.2. The average Bonchev–Trinajstić information content (AvgIpc) is 3.24. The summed E-state index contributed by atoms with van der Waals surface area (Å²) in [5.41, 5.74) is 2.64. The summed E-state index contributed by atoms with van der Waals surface area (Å²) in [7, 11) is 0. The quantitative estimate of drug-likeness (QED) is 0.648. The fourth-order valence-electron chi connectivity index (χ4n) is 5.16. The fraction of sp³-hybridized carbons (Fsp3) is 0.286. The Morgan fingerprint density at radius 3 is 1.88 bits per heavy atom. The van der Waals surface area contributed by atoms with Crippen LogP contribution in [0.4, 0.5) is 4.79 Å². The lowest BCUT2D eigenvalue weighted by Gasteiger charge is -2.37. The van der Waals surface area contributed by atoms with E-state index in [1.807, 2.05) is 76.5 Å². The molecule has 0 spiro atoms. The van der Waals surface area contributed by atoms with Crippen LogP contribution >= 0.6 is 0 Å². The largest absolute Gasteiger partial charge is 0.342 e. The predicted molar refractivity (Wildman–Crippen MR) is 129 cm³/mol. The standard InChI is InChI=1S/C28H29N3O2/c32-26(20-22-10-4-1-5-11-22)30-18-16-25(17-19-30)31-21-28(29-27(31)33,23-12-6-2-7-13-23)24-14-8-3-9-15-24/h1-15,25H,16-21H2,(H,29,33). The first-order chi connectivity index (χ1) is 16.2. The van der Waals surface area contributed by atoms with Crippen LogP contribution in [0, 0.1) is 0 Å². The van der Waals surface area contributed by atoms with Gasteiger partial charge in [-0.05, 0) is 29.5 Å². The number of hydrogen-bond donors (Lipinski definition) is 1. The molecule has 0 saturated carbocycles. The number of carbonyl (C=O) groups is 2. The van der Waals surface area contributed by atoms with Crippen LogP contribution in [0.3, 0.4) is 0 Å². The lowest BCUT2D eigenvalue weighted by Crippen LogP contribution is -2.48. The van der Waals surface area contributed by atoms with Crippen molar-refractivity contribution in [3.05, 3.63) is 108 Å². The van der Waals surface area contributed by atoms with E-state index < -0.39 is 5.54 Å². The summed E-state index contributed by atoms with van der Waals surface area (Å²) >= 11 is 0. The van der Waals surface area contributed by atoms with E-state index in [0.29, 0.717) is 26.1 Å². The highest BCUT2D eigenvalue weighted by atomic mass is 16.2. The van der Waals surface area contributed by atoms with Gasteiger partial charge in [0.1, 0.15) is 5.54 Å². The van der Waals surface area contributed by atoms with E-state index in [9.17, 15) is 9.59 Å². The Labute approximate surface area is 195 Å². The normalized spacial score (nSPS) is 18.2. The van der Waals surface area contributed by atoms with Crippen molar-refractivity contribution in [1.82, 2.24) is 15.1 Å². The molecule has 0 atom stereocenters. The number of urea groups is 1. The second kappa shape index (κ2) is 9.10. The molecule has 3 amide bonds. The van der Waals surface area contributed by atoms with E-state index in [0.717, 1.165) is 29.5 Å². The van der Waals surface area contributed by atoms with Crippen LogP contribution in [-0.4, -0.2) is 47.4 Å². The number of carbonyl (C=O) groups excluding carboxylic acids is 2. The molecule has 168 valence electrons. The minimum absolute atomic E-state index is 0.0308. The Balaban J connectivity index is 1.30. The van der Waals surface area contributed by atoms with E-state index in [1.165, 1.54) is 0 Å². The lowest BCUT2D eigenvalue weighted by molar-refractivity contribution is -0.131. The molecule has 1 N–H and O–H groups in total. The van der Waals surface area contributed by atoms with Gasteiger partial charge in [-0.25, -0.2) is 4.79 Å². The van der Waals surface area contributed by atoms with Crippen LogP contribution in [-0.2, 0) is 16.8 Å². The molecule has 2 fully saturated rings. The van der Waals surface area contributed by atoms with Gasteiger partial charge in [0, 0.05) is 19.1 Å². The summed E-state index contributed by atoms with van der Waals surface area (Å²) in [6, 6.07) is 30.4. The van der Waals surface area contributed by atoms with Gasteiger partial charge in [0.05, 0.1) is 13.0 Å². The van der Waals surface area contributed by atoms with Crippen molar-refractivity contribution in [2.75, 3.05) is 19.6 Å². The molecule has 3 aromatic rings. The topological polar surface area (TPSA) is 52.7 Å². The summed E-state index contributed by atoms with van der Waals surface area (Å²) < 4.78 is 0. The number of nitrogens with one attached hydrogen (secondary N) is 1. The van der Waals surface area contributed by atoms with Crippen molar-refractivity contribution >= 4 is 11.9 Å². The molecule has 0 bridgehead atoms. The predicted octanol–water partition coefficient (Wildman–Crippen LogP) is 4.19.